The number of ether oxygens (including phenoxy) is 6. The third-order valence-electron chi connectivity index (χ3n) is 4.40. The summed E-state index contributed by atoms with van der Waals surface area (Å²) in [5, 5.41) is 0. The summed E-state index contributed by atoms with van der Waals surface area (Å²) in [6, 6.07) is 0. The molecule has 1 fully saturated rings. The summed E-state index contributed by atoms with van der Waals surface area (Å²) in [6.45, 7) is 10.9. The van der Waals surface area contributed by atoms with Crippen LogP contribution in [0.4, 0.5) is 0 Å². The lowest BCUT2D eigenvalue weighted by Gasteiger charge is -2.31. The lowest BCUT2D eigenvalue weighted by molar-refractivity contribution is -0.162. The number of esters is 3. The molecule has 0 aliphatic heterocycles. The summed E-state index contributed by atoms with van der Waals surface area (Å²) < 4.78 is 30.3. The normalized spacial score (nSPS) is 20.2. The van der Waals surface area contributed by atoms with Crippen molar-refractivity contribution < 1.29 is 42.8 Å². The summed E-state index contributed by atoms with van der Waals surface area (Å²) in [5.74, 6) is -3.39. The van der Waals surface area contributed by atoms with Gasteiger partial charge in [-0.15, -0.1) is 0 Å². The van der Waals surface area contributed by atoms with E-state index in [-0.39, 0.29) is 58.9 Å². The van der Waals surface area contributed by atoms with Gasteiger partial charge in [-0.25, -0.2) is 0 Å². The topological polar surface area (TPSA) is 107 Å². The molecule has 0 radical (unpaired) electrons. The van der Waals surface area contributed by atoms with Crippen LogP contribution in [-0.2, 0) is 42.8 Å². The standard InChI is InChI=1S/C21H30O9/c1-4-25-7-10-28-19(22)16-13-17(20(23)29-11-8-26-5-2)15-18(14-16)21(24)30-12-9-27-6-3/h4-6,16-18H,1-3,7-15H2. The summed E-state index contributed by atoms with van der Waals surface area (Å²) in [7, 11) is 0. The molecule has 0 aromatic heterocycles. The maximum absolute atomic E-state index is 12.4. The molecule has 168 valence electrons. The maximum atomic E-state index is 12.4. The van der Waals surface area contributed by atoms with Crippen LogP contribution in [0.1, 0.15) is 19.3 Å². The van der Waals surface area contributed by atoms with Crippen molar-refractivity contribution in [1.29, 1.82) is 0 Å². The molecule has 0 unspecified atom stereocenters. The lowest BCUT2D eigenvalue weighted by atomic mass is 9.75. The molecule has 0 heterocycles. The fourth-order valence-electron chi connectivity index (χ4n) is 3.07. The summed E-state index contributed by atoms with van der Waals surface area (Å²) in [4.78, 5) is 37.3. The van der Waals surface area contributed by atoms with E-state index in [0.29, 0.717) is 0 Å². The minimum atomic E-state index is -0.633. The van der Waals surface area contributed by atoms with Crippen LogP contribution < -0.4 is 0 Å². The molecule has 9 heteroatoms. The van der Waals surface area contributed by atoms with E-state index < -0.39 is 35.7 Å². The van der Waals surface area contributed by atoms with E-state index in [1.54, 1.807) is 0 Å². The molecule has 0 N–H and O–H groups in total. The molecule has 0 spiro atoms. The average Bonchev–Trinajstić information content (AvgIpc) is 2.76. The minimum absolute atomic E-state index is 0.0450. The third-order valence-corrected chi connectivity index (χ3v) is 4.40. The molecule has 9 nitrogen and oxygen atoms in total. The van der Waals surface area contributed by atoms with Crippen molar-refractivity contribution >= 4 is 17.9 Å². The highest BCUT2D eigenvalue weighted by atomic mass is 16.6. The van der Waals surface area contributed by atoms with Gasteiger partial charge in [0.05, 0.1) is 36.5 Å². The summed E-state index contributed by atoms with van der Waals surface area (Å²) >= 11 is 0. The summed E-state index contributed by atoms with van der Waals surface area (Å²) in [5.41, 5.74) is 0. The average molecular weight is 426 g/mol. The monoisotopic (exact) mass is 426 g/mol. The molecule has 0 atom stereocenters. The highest BCUT2D eigenvalue weighted by Crippen LogP contribution is 2.35. The number of carbonyl (C=O) groups is 3. The van der Waals surface area contributed by atoms with Crippen molar-refractivity contribution in [3.63, 3.8) is 0 Å². The van der Waals surface area contributed by atoms with Crippen molar-refractivity contribution in [3.8, 4) is 0 Å². The van der Waals surface area contributed by atoms with Gasteiger partial charge >= 0.3 is 17.9 Å². The predicted octanol–water partition coefficient (Wildman–Crippen LogP) is 2.13. The van der Waals surface area contributed by atoms with Crippen LogP contribution in [-0.4, -0.2) is 57.5 Å². The van der Waals surface area contributed by atoms with E-state index in [9.17, 15) is 14.4 Å². The van der Waals surface area contributed by atoms with Gasteiger partial charge in [-0.1, -0.05) is 19.7 Å². The molecule has 0 saturated heterocycles. The molecule has 1 aliphatic rings. The van der Waals surface area contributed by atoms with Gasteiger partial charge < -0.3 is 28.4 Å². The molecule has 0 aromatic rings. The van der Waals surface area contributed by atoms with E-state index in [1.165, 1.54) is 18.8 Å². The van der Waals surface area contributed by atoms with E-state index in [1.807, 2.05) is 0 Å². The molecule has 1 aliphatic carbocycles. The van der Waals surface area contributed by atoms with Gasteiger partial charge in [0.1, 0.15) is 39.6 Å². The predicted molar refractivity (Wildman–Crippen MR) is 106 cm³/mol. The second-order valence-corrected chi connectivity index (χ2v) is 6.41. The van der Waals surface area contributed by atoms with Crippen molar-refractivity contribution in [1.82, 2.24) is 0 Å². The fourth-order valence-corrected chi connectivity index (χ4v) is 3.07. The zero-order chi connectivity index (χ0) is 22.2. The Kier molecular flexibility index (Phi) is 12.5. The molecule has 0 aromatic carbocycles. The Labute approximate surface area is 176 Å². The Balaban J connectivity index is 2.69. The number of carbonyl (C=O) groups excluding carboxylic acids is 3. The Morgan fingerprint density at radius 2 is 0.833 bits per heavy atom. The minimum Gasteiger partial charge on any atom is -0.498 e. The Bertz CT molecular complexity index is 500. The first-order chi connectivity index (χ1) is 14.5. The first-order valence-electron chi connectivity index (χ1n) is 9.70. The highest BCUT2D eigenvalue weighted by Gasteiger charge is 2.41. The quantitative estimate of drug-likeness (QED) is 0.168. The zero-order valence-corrected chi connectivity index (χ0v) is 17.1. The molecular weight excluding hydrogens is 396 g/mol. The van der Waals surface area contributed by atoms with Crippen LogP contribution in [0.2, 0.25) is 0 Å². The van der Waals surface area contributed by atoms with Gasteiger partial charge in [0.15, 0.2) is 0 Å². The largest absolute Gasteiger partial charge is 0.498 e. The SMILES string of the molecule is C=COCCOC(=O)C1CC(C(=O)OCCOC=C)CC(C(=O)OCCOC=C)C1. The zero-order valence-electron chi connectivity index (χ0n) is 17.1. The molecule has 30 heavy (non-hydrogen) atoms. The fraction of sp³-hybridized carbons (Fsp3) is 0.571. The Hall–Kier alpha value is -2.97. The van der Waals surface area contributed by atoms with Crippen LogP contribution in [0.25, 0.3) is 0 Å². The second kappa shape index (κ2) is 14.9. The molecule has 1 saturated carbocycles. The lowest BCUT2D eigenvalue weighted by Crippen LogP contribution is -2.37. The second-order valence-electron chi connectivity index (χ2n) is 6.41. The van der Waals surface area contributed by atoms with Gasteiger partial charge in [-0.05, 0) is 19.3 Å². The van der Waals surface area contributed by atoms with E-state index >= 15 is 0 Å². The molecular formula is C21H30O9. The number of hydrogen-bond donors (Lipinski definition) is 0. The van der Waals surface area contributed by atoms with Crippen LogP contribution in [0.5, 0.6) is 0 Å². The Morgan fingerprint density at radius 1 is 0.567 bits per heavy atom. The molecule has 0 amide bonds. The van der Waals surface area contributed by atoms with Gasteiger partial charge in [0.2, 0.25) is 0 Å². The van der Waals surface area contributed by atoms with Crippen LogP contribution in [0.15, 0.2) is 38.5 Å². The smallest absolute Gasteiger partial charge is 0.309 e. The highest BCUT2D eigenvalue weighted by molar-refractivity contribution is 5.80. The maximum Gasteiger partial charge on any atom is 0.309 e. The van der Waals surface area contributed by atoms with Gasteiger partial charge in [0.25, 0.3) is 0 Å². The van der Waals surface area contributed by atoms with Crippen LogP contribution in [0, 0.1) is 17.8 Å². The Morgan fingerprint density at radius 3 is 1.07 bits per heavy atom. The van der Waals surface area contributed by atoms with Crippen LogP contribution >= 0.6 is 0 Å². The number of rotatable bonds is 15. The van der Waals surface area contributed by atoms with E-state index in [4.69, 9.17) is 28.4 Å². The van der Waals surface area contributed by atoms with Crippen molar-refractivity contribution in [2.75, 3.05) is 39.6 Å². The first-order valence-corrected chi connectivity index (χ1v) is 9.70. The van der Waals surface area contributed by atoms with Crippen molar-refractivity contribution in [2.24, 2.45) is 17.8 Å². The van der Waals surface area contributed by atoms with Gasteiger partial charge in [-0.3, -0.25) is 14.4 Å². The van der Waals surface area contributed by atoms with Gasteiger partial charge in [0, 0.05) is 0 Å². The molecule has 0 bridgehead atoms. The van der Waals surface area contributed by atoms with Gasteiger partial charge in [-0.2, -0.15) is 0 Å². The van der Waals surface area contributed by atoms with Crippen LogP contribution in [0.3, 0.4) is 0 Å². The number of hydrogen-bond acceptors (Lipinski definition) is 9. The molecule has 1 rings (SSSR count). The van der Waals surface area contributed by atoms with E-state index in [0.717, 1.165) is 0 Å². The first kappa shape index (κ1) is 25.1. The van der Waals surface area contributed by atoms with E-state index in [2.05, 4.69) is 19.7 Å². The summed E-state index contributed by atoms with van der Waals surface area (Å²) in [6.07, 6.45) is 4.43. The van der Waals surface area contributed by atoms with Crippen molar-refractivity contribution in [3.05, 3.63) is 38.5 Å². The third kappa shape index (κ3) is 9.49. The van der Waals surface area contributed by atoms with Crippen molar-refractivity contribution in [2.45, 2.75) is 19.3 Å².